The lowest BCUT2D eigenvalue weighted by molar-refractivity contribution is -0.138. The van der Waals surface area contributed by atoms with Crippen LogP contribution in [-0.4, -0.2) is 24.3 Å². The third kappa shape index (κ3) is 2.56. The smallest absolute Gasteiger partial charge is 0.310 e. The van der Waals surface area contributed by atoms with E-state index < -0.39 is 11.9 Å². The summed E-state index contributed by atoms with van der Waals surface area (Å²) in [5.74, 6) is 0.102. The fourth-order valence-corrected chi connectivity index (χ4v) is 2.83. The highest BCUT2D eigenvalue weighted by Crippen LogP contribution is 2.46. The molecule has 2 rings (SSSR count). The first-order chi connectivity index (χ1) is 8.93. The Kier molecular flexibility index (Phi) is 4.04. The number of carboxylic acids is 1. The Labute approximate surface area is 120 Å². The molecular formula is C14H17BrO4. The summed E-state index contributed by atoms with van der Waals surface area (Å²) >= 11 is 3.44. The van der Waals surface area contributed by atoms with Crippen molar-refractivity contribution in [1.82, 2.24) is 0 Å². The second-order valence-electron chi connectivity index (χ2n) is 4.93. The zero-order valence-electron chi connectivity index (χ0n) is 11.2. The standard InChI is InChI=1S/C14H17BrO4/c1-7(2)11-9(8(3)14(16)17)6-10(15)12-13(11)19-5-4-18-12/h6-8H,4-5H2,1-3H3,(H,16,17). The van der Waals surface area contributed by atoms with E-state index in [1.165, 1.54) is 0 Å². The van der Waals surface area contributed by atoms with Gasteiger partial charge < -0.3 is 14.6 Å². The molecule has 0 amide bonds. The summed E-state index contributed by atoms with van der Waals surface area (Å²) in [6, 6.07) is 1.83. The van der Waals surface area contributed by atoms with Gasteiger partial charge in [-0.3, -0.25) is 4.79 Å². The summed E-state index contributed by atoms with van der Waals surface area (Å²) in [5, 5.41) is 9.25. The van der Waals surface area contributed by atoms with Crippen LogP contribution in [0.1, 0.15) is 43.7 Å². The summed E-state index contributed by atoms with van der Waals surface area (Å²) in [6.07, 6.45) is 0. The van der Waals surface area contributed by atoms with Gasteiger partial charge in [0.05, 0.1) is 10.4 Å². The Balaban J connectivity index is 2.66. The molecule has 1 atom stereocenters. The van der Waals surface area contributed by atoms with E-state index >= 15 is 0 Å². The monoisotopic (exact) mass is 328 g/mol. The lowest BCUT2D eigenvalue weighted by Gasteiger charge is -2.27. The van der Waals surface area contributed by atoms with Gasteiger partial charge in [-0.25, -0.2) is 0 Å². The van der Waals surface area contributed by atoms with Crippen LogP contribution in [0.2, 0.25) is 0 Å². The van der Waals surface area contributed by atoms with Crippen LogP contribution in [0.5, 0.6) is 11.5 Å². The highest BCUT2D eigenvalue weighted by Gasteiger charge is 2.28. The lowest BCUT2D eigenvalue weighted by Crippen LogP contribution is -2.20. The number of benzene rings is 1. The number of carbonyl (C=O) groups is 1. The molecule has 0 aliphatic carbocycles. The maximum Gasteiger partial charge on any atom is 0.310 e. The number of halogens is 1. The van der Waals surface area contributed by atoms with E-state index in [-0.39, 0.29) is 5.92 Å². The van der Waals surface area contributed by atoms with Gasteiger partial charge in [-0.15, -0.1) is 0 Å². The van der Waals surface area contributed by atoms with Crippen molar-refractivity contribution in [2.24, 2.45) is 0 Å². The van der Waals surface area contributed by atoms with Crippen molar-refractivity contribution in [1.29, 1.82) is 0 Å². The summed E-state index contributed by atoms with van der Waals surface area (Å²) in [5.41, 5.74) is 1.70. The molecular weight excluding hydrogens is 312 g/mol. The summed E-state index contributed by atoms with van der Waals surface area (Å²) in [7, 11) is 0. The number of carboxylic acid groups (broad SMARTS) is 1. The van der Waals surface area contributed by atoms with Gasteiger partial charge in [-0.1, -0.05) is 13.8 Å². The molecule has 0 saturated heterocycles. The normalized spacial score (nSPS) is 15.4. The van der Waals surface area contributed by atoms with Crippen molar-refractivity contribution in [2.75, 3.05) is 13.2 Å². The first kappa shape index (κ1) is 14.2. The van der Waals surface area contributed by atoms with Crippen molar-refractivity contribution in [3.63, 3.8) is 0 Å². The summed E-state index contributed by atoms with van der Waals surface area (Å²) in [4.78, 5) is 11.3. The van der Waals surface area contributed by atoms with E-state index in [9.17, 15) is 9.90 Å². The molecule has 1 aromatic rings. The zero-order chi connectivity index (χ0) is 14.2. The van der Waals surface area contributed by atoms with Gasteiger partial charge >= 0.3 is 5.97 Å². The number of hydrogen-bond donors (Lipinski definition) is 1. The third-order valence-electron chi connectivity index (χ3n) is 3.25. The molecule has 19 heavy (non-hydrogen) atoms. The maximum absolute atomic E-state index is 11.3. The molecule has 0 radical (unpaired) electrons. The predicted molar refractivity (Wildman–Crippen MR) is 75.3 cm³/mol. The Morgan fingerprint density at radius 1 is 1.26 bits per heavy atom. The zero-order valence-corrected chi connectivity index (χ0v) is 12.8. The highest BCUT2D eigenvalue weighted by molar-refractivity contribution is 9.10. The molecule has 5 heteroatoms. The topological polar surface area (TPSA) is 55.8 Å². The SMILES string of the molecule is CC(C)c1c(C(C)C(=O)O)cc(Br)c2c1OCCO2. The quantitative estimate of drug-likeness (QED) is 0.922. The van der Waals surface area contributed by atoms with E-state index in [4.69, 9.17) is 9.47 Å². The molecule has 0 fully saturated rings. The van der Waals surface area contributed by atoms with Crippen LogP contribution in [0, 0.1) is 0 Å². The van der Waals surface area contributed by atoms with E-state index in [1.807, 2.05) is 19.9 Å². The second-order valence-corrected chi connectivity index (χ2v) is 5.79. The van der Waals surface area contributed by atoms with Crippen LogP contribution in [0.4, 0.5) is 0 Å². The first-order valence-electron chi connectivity index (χ1n) is 6.28. The van der Waals surface area contributed by atoms with E-state index in [0.717, 1.165) is 15.6 Å². The molecule has 0 saturated carbocycles. The molecule has 1 aliphatic rings. The Bertz CT molecular complexity index is 511. The number of fused-ring (bicyclic) bond motifs is 1. The average molecular weight is 329 g/mol. The summed E-state index contributed by atoms with van der Waals surface area (Å²) in [6.45, 7) is 6.74. The van der Waals surface area contributed by atoms with Gasteiger partial charge in [0, 0.05) is 5.56 Å². The number of rotatable bonds is 3. The van der Waals surface area contributed by atoms with Crippen LogP contribution in [0.15, 0.2) is 10.5 Å². The molecule has 1 N–H and O–H groups in total. The molecule has 0 bridgehead atoms. The van der Waals surface area contributed by atoms with Crippen LogP contribution in [0.3, 0.4) is 0 Å². The Hall–Kier alpha value is -1.23. The van der Waals surface area contributed by atoms with E-state index in [2.05, 4.69) is 15.9 Å². The number of hydrogen-bond acceptors (Lipinski definition) is 3. The van der Waals surface area contributed by atoms with Crippen molar-refractivity contribution in [3.8, 4) is 11.5 Å². The molecule has 1 aliphatic heterocycles. The molecule has 1 heterocycles. The minimum atomic E-state index is -0.842. The van der Waals surface area contributed by atoms with Crippen LogP contribution in [0.25, 0.3) is 0 Å². The predicted octanol–water partition coefficient (Wildman–Crippen LogP) is 3.53. The van der Waals surface area contributed by atoms with E-state index in [0.29, 0.717) is 24.7 Å². The average Bonchev–Trinajstić information content (AvgIpc) is 2.37. The maximum atomic E-state index is 11.3. The van der Waals surface area contributed by atoms with Crippen molar-refractivity contribution in [2.45, 2.75) is 32.6 Å². The van der Waals surface area contributed by atoms with Crippen LogP contribution < -0.4 is 9.47 Å². The second kappa shape index (κ2) is 5.41. The molecule has 1 unspecified atom stereocenters. The van der Waals surface area contributed by atoms with Gasteiger partial charge in [0.2, 0.25) is 0 Å². The lowest BCUT2D eigenvalue weighted by atomic mass is 9.88. The summed E-state index contributed by atoms with van der Waals surface area (Å²) < 4.78 is 12.1. The van der Waals surface area contributed by atoms with Gasteiger partial charge in [0.15, 0.2) is 11.5 Å². The van der Waals surface area contributed by atoms with Gasteiger partial charge in [0.1, 0.15) is 13.2 Å². The number of ether oxygens (including phenoxy) is 2. The minimum absolute atomic E-state index is 0.167. The van der Waals surface area contributed by atoms with Crippen molar-refractivity contribution >= 4 is 21.9 Å². The molecule has 1 aromatic carbocycles. The van der Waals surface area contributed by atoms with Crippen molar-refractivity contribution in [3.05, 3.63) is 21.7 Å². The fraction of sp³-hybridized carbons (Fsp3) is 0.500. The first-order valence-corrected chi connectivity index (χ1v) is 7.07. The van der Waals surface area contributed by atoms with Crippen LogP contribution >= 0.6 is 15.9 Å². The van der Waals surface area contributed by atoms with E-state index in [1.54, 1.807) is 6.92 Å². The third-order valence-corrected chi connectivity index (χ3v) is 3.84. The highest BCUT2D eigenvalue weighted by atomic mass is 79.9. The van der Waals surface area contributed by atoms with Crippen molar-refractivity contribution < 1.29 is 19.4 Å². The Morgan fingerprint density at radius 3 is 2.37 bits per heavy atom. The molecule has 0 aromatic heterocycles. The largest absolute Gasteiger partial charge is 0.486 e. The van der Waals surface area contributed by atoms with Gasteiger partial charge in [-0.05, 0) is 40.4 Å². The fourth-order valence-electron chi connectivity index (χ4n) is 2.29. The molecule has 0 spiro atoms. The molecule has 4 nitrogen and oxygen atoms in total. The van der Waals surface area contributed by atoms with Gasteiger partial charge in [0.25, 0.3) is 0 Å². The Morgan fingerprint density at radius 2 is 1.84 bits per heavy atom. The number of aliphatic carboxylic acids is 1. The minimum Gasteiger partial charge on any atom is -0.486 e. The van der Waals surface area contributed by atoms with Gasteiger partial charge in [-0.2, -0.15) is 0 Å². The van der Waals surface area contributed by atoms with Crippen LogP contribution in [-0.2, 0) is 4.79 Å². The molecule has 104 valence electrons.